The van der Waals surface area contributed by atoms with Crippen LogP contribution in [0.1, 0.15) is 17.7 Å². The molecule has 2 aromatic rings. The summed E-state index contributed by atoms with van der Waals surface area (Å²) in [6.07, 6.45) is 2.53. The van der Waals surface area contributed by atoms with Crippen molar-refractivity contribution in [2.24, 2.45) is 7.05 Å². The summed E-state index contributed by atoms with van der Waals surface area (Å²) in [4.78, 5) is 0. The van der Waals surface area contributed by atoms with E-state index >= 15 is 0 Å². The highest BCUT2D eigenvalue weighted by Crippen LogP contribution is 2.13. The van der Waals surface area contributed by atoms with Crippen LogP contribution in [-0.2, 0) is 13.7 Å². The molecule has 1 aromatic carbocycles. The fourth-order valence-corrected chi connectivity index (χ4v) is 1.56. The average molecular weight is 276 g/mol. The molecular formula is C14H14ClN3O. The number of aromatic nitrogens is 3. The molecule has 0 unspecified atom stereocenters. The summed E-state index contributed by atoms with van der Waals surface area (Å²) >= 11 is 5.56. The van der Waals surface area contributed by atoms with E-state index in [-0.39, 0.29) is 0 Å². The van der Waals surface area contributed by atoms with E-state index in [4.69, 9.17) is 16.3 Å². The first-order valence-corrected chi connectivity index (χ1v) is 6.44. The molecule has 5 heteroatoms. The number of ether oxygens (including phenoxy) is 1. The highest BCUT2D eigenvalue weighted by molar-refractivity contribution is 6.18. The maximum Gasteiger partial charge on any atom is 0.134 e. The van der Waals surface area contributed by atoms with Crippen molar-refractivity contribution >= 4 is 11.6 Å². The number of hydrogen-bond donors (Lipinski definition) is 0. The van der Waals surface area contributed by atoms with Crippen LogP contribution in [0.2, 0.25) is 0 Å². The SMILES string of the molecule is Cn1cc(COc2ccc(C#CCCCl)cc2)nn1. The van der Waals surface area contributed by atoms with Crippen molar-refractivity contribution in [3.05, 3.63) is 41.7 Å². The lowest BCUT2D eigenvalue weighted by Gasteiger charge is -2.03. The van der Waals surface area contributed by atoms with Crippen LogP contribution in [0.25, 0.3) is 0 Å². The first kappa shape index (κ1) is 13.4. The van der Waals surface area contributed by atoms with Crippen LogP contribution in [0.15, 0.2) is 30.5 Å². The van der Waals surface area contributed by atoms with Gasteiger partial charge in [-0.05, 0) is 24.3 Å². The van der Waals surface area contributed by atoms with E-state index in [0.29, 0.717) is 18.9 Å². The third kappa shape index (κ3) is 4.31. The van der Waals surface area contributed by atoms with Gasteiger partial charge in [0.1, 0.15) is 18.1 Å². The molecule has 1 heterocycles. The van der Waals surface area contributed by atoms with Crippen molar-refractivity contribution in [3.63, 3.8) is 0 Å². The van der Waals surface area contributed by atoms with Gasteiger partial charge in [-0.15, -0.1) is 16.7 Å². The maximum atomic E-state index is 5.60. The summed E-state index contributed by atoms with van der Waals surface area (Å²) in [7, 11) is 1.82. The molecule has 0 saturated carbocycles. The Morgan fingerprint density at radius 2 is 2.11 bits per heavy atom. The number of alkyl halides is 1. The normalized spacial score (nSPS) is 9.79. The van der Waals surface area contributed by atoms with E-state index < -0.39 is 0 Å². The summed E-state index contributed by atoms with van der Waals surface area (Å²) in [6, 6.07) is 7.63. The van der Waals surface area contributed by atoms with E-state index in [2.05, 4.69) is 22.2 Å². The first-order valence-electron chi connectivity index (χ1n) is 5.91. The van der Waals surface area contributed by atoms with Gasteiger partial charge < -0.3 is 4.74 Å². The number of hydrogen-bond acceptors (Lipinski definition) is 3. The van der Waals surface area contributed by atoms with Crippen LogP contribution in [0, 0.1) is 11.8 Å². The lowest BCUT2D eigenvalue weighted by Crippen LogP contribution is -1.95. The lowest BCUT2D eigenvalue weighted by molar-refractivity contribution is 0.301. The summed E-state index contributed by atoms with van der Waals surface area (Å²) < 4.78 is 7.25. The van der Waals surface area contributed by atoms with Crippen LogP contribution in [-0.4, -0.2) is 20.9 Å². The Hall–Kier alpha value is -1.99. The van der Waals surface area contributed by atoms with Gasteiger partial charge in [0.25, 0.3) is 0 Å². The second-order valence-corrected chi connectivity index (χ2v) is 4.32. The van der Waals surface area contributed by atoms with Crippen molar-refractivity contribution in [2.75, 3.05) is 5.88 Å². The van der Waals surface area contributed by atoms with Crippen molar-refractivity contribution in [1.82, 2.24) is 15.0 Å². The van der Waals surface area contributed by atoms with Crippen molar-refractivity contribution < 1.29 is 4.74 Å². The molecule has 0 aliphatic carbocycles. The minimum absolute atomic E-state index is 0.408. The van der Waals surface area contributed by atoms with Gasteiger partial charge in [-0.25, -0.2) is 0 Å². The average Bonchev–Trinajstić information content (AvgIpc) is 2.84. The summed E-state index contributed by atoms with van der Waals surface area (Å²) in [5.41, 5.74) is 1.76. The Morgan fingerprint density at radius 3 is 2.74 bits per heavy atom. The topological polar surface area (TPSA) is 39.9 Å². The summed E-state index contributed by atoms with van der Waals surface area (Å²) in [6.45, 7) is 0.408. The van der Waals surface area contributed by atoms with Gasteiger partial charge in [-0.2, -0.15) is 0 Å². The molecule has 1 aromatic heterocycles. The van der Waals surface area contributed by atoms with Crippen LogP contribution >= 0.6 is 11.6 Å². The molecular weight excluding hydrogens is 262 g/mol. The smallest absolute Gasteiger partial charge is 0.134 e. The van der Waals surface area contributed by atoms with Gasteiger partial charge in [0.05, 0.1) is 6.20 Å². The zero-order valence-corrected chi connectivity index (χ0v) is 11.4. The van der Waals surface area contributed by atoms with E-state index in [1.165, 1.54) is 0 Å². The molecule has 98 valence electrons. The first-order chi connectivity index (χ1) is 9.28. The highest BCUT2D eigenvalue weighted by Gasteiger charge is 1.99. The molecule has 0 amide bonds. The highest BCUT2D eigenvalue weighted by atomic mass is 35.5. The van der Waals surface area contributed by atoms with Crippen LogP contribution in [0.5, 0.6) is 5.75 Å². The standard InChI is InChI=1S/C14H14ClN3O/c1-18-10-13(16-17-18)11-19-14-7-5-12(6-8-14)4-2-3-9-15/h5-8,10H,3,9,11H2,1H3. The van der Waals surface area contributed by atoms with Crippen molar-refractivity contribution in [2.45, 2.75) is 13.0 Å². The minimum Gasteiger partial charge on any atom is -0.487 e. The van der Waals surface area contributed by atoms with Crippen LogP contribution < -0.4 is 4.74 Å². The van der Waals surface area contributed by atoms with E-state index in [0.717, 1.165) is 17.0 Å². The van der Waals surface area contributed by atoms with E-state index in [1.807, 2.05) is 37.5 Å². The van der Waals surface area contributed by atoms with Gasteiger partial charge in [0.15, 0.2) is 0 Å². The Bertz CT molecular complexity index is 581. The molecule has 0 aliphatic rings. The molecule has 0 N–H and O–H groups in total. The van der Waals surface area contributed by atoms with Gasteiger partial charge in [-0.1, -0.05) is 17.1 Å². The number of benzene rings is 1. The third-order valence-corrected chi connectivity index (χ3v) is 2.53. The molecule has 4 nitrogen and oxygen atoms in total. The van der Waals surface area contributed by atoms with E-state index in [1.54, 1.807) is 4.68 Å². The van der Waals surface area contributed by atoms with Crippen LogP contribution in [0.4, 0.5) is 0 Å². The predicted octanol–water partition coefficient (Wildman–Crippen LogP) is 2.37. The molecule has 0 aliphatic heterocycles. The monoisotopic (exact) mass is 275 g/mol. The third-order valence-electron chi connectivity index (χ3n) is 2.34. The Morgan fingerprint density at radius 1 is 1.32 bits per heavy atom. The second-order valence-electron chi connectivity index (χ2n) is 3.94. The van der Waals surface area contributed by atoms with E-state index in [9.17, 15) is 0 Å². The molecule has 0 fully saturated rings. The molecule has 19 heavy (non-hydrogen) atoms. The second kappa shape index (κ2) is 6.81. The lowest BCUT2D eigenvalue weighted by atomic mass is 10.2. The molecule has 2 rings (SSSR count). The fourth-order valence-electron chi connectivity index (χ4n) is 1.47. The number of aryl methyl sites for hydroxylation is 1. The van der Waals surface area contributed by atoms with Gasteiger partial charge in [0, 0.05) is 24.9 Å². The Labute approximate surface area is 117 Å². The quantitative estimate of drug-likeness (QED) is 0.635. The maximum absolute atomic E-state index is 5.60. The summed E-state index contributed by atoms with van der Waals surface area (Å²) in [5, 5.41) is 7.79. The molecule has 0 spiro atoms. The number of halogens is 1. The zero-order chi connectivity index (χ0) is 13.5. The molecule has 0 radical (unpaired) electrons. The summed E-state index contributed by atoms with van der Waals surface area (Å²) in [5.74, 6) is 7.37. The zero-order valence-electron chi connectivity index (χ0n) is 10.6. The number of rotatable bonds is 4. The fraction of sp³-hybridized carbons (Fsp3) is 0.286. The largest absolute Gasteiger partial charge is 0.487 e. The number of nitrogens with zero attached hydrogens (tertiary/aromatic N) is 3. The van der Waals surface area contributed by atoms with Crippen LogP contribution in [0.3, 0.4) is 0 Å². The van der Waals surface area contributed by atoms with Gasteiger partial charge >= 0.3 is 0 Å². The van der Waals surface area contributed by atoms with Gasteiger partial charge in [0.2, 0.25) is 0 Å². The predicted molar refractivity (Wildman–Crippen MR) is 74.0 cm³/mol. The Kier molecular flexibility index (Phi) is 4.82. The minimum atomic E-state index is 0.408. The molecule has 0 atom stereocenters. The molecule has 0 saturated heterocycles. The van der Waals surface area contributed by atoms with Gasteiger partial charge in [-0.3, -0.25) is 4.68 Å². The van der Waals surface area contributed by atoms with Crippen molar-refractivity contribution in [1.29, 1.82) is 0 Å². The Balaban J connectivity index is 1.90. The molecule has 0 bridgehead atoms. The van der Waals surface area contributed by atoms with Crippen molar-refractivity contribution in [3.8, 4) is 17.6 Å².